The molecule has 0 aromatic heterocycles. The van der Waals surface area contributed by atoms with E-state index in [0.717, 1.165) is 19.5 Å². The Labute approximate surface area is 92.9 Å². The molecule has 0 aliphatic carbocycles. The minimum absolute atomic E-state index is 0.832. The number of rotatable bonds is 7. The zero-order chi connectivity index (χ0) is 10.8. The molecule has 0 fully saturated rings. The number of nitrogens with one attached hydrogen (secondary N) is 1. The summed E-state index contributed by atoms with van der Waals surface area (Å²) in [4.78, 5) is 0. The molecule has 0 unspecified atom stereocenters. The summed E-state index contributed by atoms with van der Waals surface area (Å²) in [7, 11) is 0. The summed E-state index contributed by atoms with van der Waals surface area (Å²) in [5.41, 5.74) is 1.43. The monoisotopic (exact) mass is 201 g/mol. The summed E-state index contributed by atoms with van der Waals surface area (Å²) >= 11 is 0. The largest absolute Gasteiger partial charge is 0.316 e. The first-order chi connectivity index (χ1) is 7.43. The molecule has 1 aromatic carbocycles. The molecule has 1 nitrogen and oxygen atoms in total. The van der Waals surface area contributed by atoms with E-state index in [0.29, 0.717) is 0 Å². The lowest BCUT2D eigenvalue weighted by molar-refractivity contribution is 0.629. The highest BCUT2D eigenvalue weighted by molar-refractivity contribution is 5.14. The average Bonchev–Trinajstić information content (AvgIpc) is 2.29. The van der Waals surface area contributed by atoms with Crippen molar-refractivity contribution in [2.75, 3.05) is 13.1 Å². The van der Waals surface area contributed by atoms with Gasteiger partial charge in [-0.25, -0.2) is 0 Å². The van der Waals surface area contributed by atoms with Gasteiger partial charge in [0.1, 0.15) is 0 Å². The molecule has 0 spiro atoms. The van der Waals surface area contributed by atoms with Crippen LogP contribution in [0.5, 0.6) is 0 Å². The predicted octanol–water partition coefficient (Wildman–Crippen LogP) is 2.62. The molecular formula is C14H19N. The van der Waals surface area contributed by atoms with Crippen molar-refractivity contribution in [1.82, 2.24) is 5.32 Å². The van der Waals surface area contributed by atoms with Crippen LogP contribution in [-0.4, -0.2) is 13.1 Å². The van der Waals surface area contributed by atoms with Crippen LogP contribution in [0.3, 0.4) is 0 Å². The molecule has 1 N–H and O–H groups in total. The lowest BCUT2D eigenvalue weighted by Gasteiger charge is -2.02. The Kier molecular flexibility index (Phi) is 6.36. The third-order valence-electron chi connectivity index (χ3n) is 2.36. The molecule has 0 amide bonds. The molecule has 0 saturated heterocycles. The Morgan fingerprint density at radius 1 is 1.07 bits per heavy atom. The van der Waals surface area contributed by atoms with Crippen LogP contribution in [0.2, 0.25) is 0 Å². The summed E-state index contributed by atoms with van der Waals surface area (Å²) < 4.78 is 0. The summed E-state index contributed by atoms with van der Waals surface area (Å²) in [6.45, 7) is 2.02. The minimum Gasteiger partial charge on any atom is -0.316 e. The molecule has 1 heteroatoms. The van der Waals surface area contributed by atoms with Crippen LogP contribution in [-0.2, 0) is 6.42 Å². The SMILES string of the molecule is C#CCCNCCCCc1ccccc1. The Morgan fingerprint density at radius 2 is 1.87 bits per heavy atom. The second-order valence-electron chi connectivity index (χ2n) is 3.65. The third-order valence-corrected chi connectivity index (χ3v) is 2.36. The van der Waals surface area contributed by atoms with Crippen LogP contribution in [0.1, 0.15) is 24.8 Å². The summed E-state index contributed by atoms with van der Waals surface area (Å²) in [6.07, 6.45) is 9.63. The third kappa shape index (κ3) is 5.93. The van der Waals surface area contributed by atoms with Crippen molar-refractivity contribution in [3.05, 3.63) is 35.9 Å². The van der Waals surface area contributed by atoms with Gasteiger partial charge in [0.25, 0.3) is 0 Å². The van der Waals surface area contributed by atoms with Crippen LogP contribution in [0.15, 0.2) is 30.3 Å². The van der Waals surface area contributed by atoms with E-state index in [2.05, 4.69) is 41.6 Å². The van der Waals surface area contributed by atoms with Crippen molar-refractivity contribution in [3.63, 3.8) is 0 Å². The highest BCUT2D eigenvalue weighted by Gasteiger charge is 1.91. The van der Waals surface area contributed by atoms with Crippen molar-refractivity contribution in [2.24, 2.45) is 0 Å². The molecule has 0 aliphatic heterocycles. The number of unbranched alkanes of at least 4 members (excludes halogenated alkanes) is 1. The van der Waals surface area contributed by atoms with Crippen molar-refractivity contribution in [3.8, 4) is 12.3 Å². The number of hydrogen-bond donors (Lipinski definition) is 1. The normalized spacial score (nSPS) is 9.80. The van der Waals surface area contributed by atoms with Gasteiger partial charge in [0.05, 0.1) is 0 Å². The Hall–Kier alpha value is -1.26. The van der Waals surface area contributed by atoms with E-state index in [-0.39, 0.29) is 0 Å². The fourth-order valence-corrected chi connectivity index (χ4v) is 1.51. The Morgan fingerprint density at radius 3 is 2.60 bits per heavy atom. The molecular weight excluding hydrogens is 182 g/mol. The van der Waals surface area contributed by atoms with Gasteiger partial charge in [-0.3, -0.25) is 0 Å². The second-order valence-corrected chi connectivity index (χ2v) is 3.65. The van der Waals surface area contributed by atoms with E-state index < -0.39 is 0 Å². The number of aryl methyl sites for hydroxylation is 1. The fourth-order valence-electron chi connectivity index (χ4n) is 1.51. The fraction of sp³-hybridized carbons (Fsp3) is 0.429. The van der Waals surface area contributed by atoms with E-state index in [9.17, 15) is 0 Å². The van der Waals surface area contributed by atoms with E-state index in [1.54, 1.807) is 0 Å². The van der Waals surface area contributed by atoms with Crippen LogP contribution in [0.4, 0.5) is 0 Å². The van der Waals surface area contributed by atoms with Crippen LogP contribution >= 0.6 is 0 Å². The van der Waals surface area contributed by atoms with E-state index in [1.807, 2.05) is 0 Å². The van der Waals surface area contributed by atoms with Crippen LogP contribution in [0.25, 0.3) is 0 Å². The maximum Gasteiger partial charge on any atom is 0.0211 e. The van der Waals surface area contributed by atoms with Gasteiger partial charge in [-0.2, -0.15) is 0 Å². The molecule has 0 saturated carbocycles. The van der Waals surface area contributed by atoms with Gasteiger partial charge in [-0.15, -0.1) is 12.3 Å². The molecule has 15 heavy (non-hydrogen) atoms. The average molecular weight is 201 g/mol. The van der Waals surface area contributed by atoms with Crippen molar-refractivity contribution in [1.29, 1.82) is 0 Å². The highest BCUT2D eigenvalue weighted by atomic mass is 14.8. The van der Waals surface area contributed by atoms with Gasteiger partial charge in [0.15, 0.2) is 0 Å². The molecule has 0 aliphatic rings. The number of hydrogen-bond acceptors (Lipinski definition) is 1. The number of benzene rings is 1. The molecule has 1 aromatic rings. The van der Waals surface area contributed by atoms with Gasteiger partial charge in [-0.05, 0) is 31.4 Å². The molecule has 0 radical (unpaired) electrons. The molecule has 0 bridgehead atoms. The van der Waals surface area contributed by atoms with Crippen LogP contribution < -0.4 is 5.32 Å². The summed E-state index contributed by atoms with van der Waals surface area (Å²) in [5, 5.41) is 3.33. The number of terminal acetylenes is 1. The van der Waals surface area contributed by atoms with Gasteiger partial charge in [-0.1, -0.05) is 30.3 Å². The quantitative estimate of drug-likeness (QED) is 0.528. The molecule has 80 valence electrons. The Balaban J connectivity index is 1.96. The summed E-state index contributed by atoms with van der Waals surface area (Å²) in [5.74, 6) is 2.62. The van der Waals surface area contributed by atoms with Crippen LogP contribution in [0, 0.1) is 12.3 Å². The van der Waals surface area contributed by atoms with Crippen molar-refractivity contribution >= 4 is 0 Å². The first kappa shape index (κ1) is 11.8. The first-order valence-corrected chi connectivity index (χ1v) is 5.61. The van der Waals surface area contributed by atoms with Gasteiger partial charge < -0.3 is 5.32 Å². The molecule has 1 rings (SSSR count). The van der Waals surface area contributed by atoms with E-state index >= 15 is 0 Å². The van der Waals surface area contributed by atoms with E-state index in [1.165, 1.54) is 24.8 Å². The predicted molar refractivity (Wildman–Crippen MR) is 65.7 cm³/mol. The lowest BCUT2D eigenvalue weighted by atomic mass is 10.1. The summed E-state index contributed by atoms with van der Waals surface area (Å²) in [6, 6.07) is 10.6. The zero-order valence-corrected chi connectivity index (χ0v) is 9.21. The molecule has 0 heterocycles. The topological polar surface area (TPSA) is 12.0 Å². The molecule has 0 atom stereocenters. The smallest absolute Gasteiger partial charge is 0.0211 e. The highest BCUT2D eigenvalue weighted by Crippen LogP contribution is 2.03. The first-order valence-electron chi connectivity index (χ1n) is 5.61. The van der Waals surface area contributed by atoms with Crippen molar-refractivity contribution in [2.45, 2.75) is 25.7 Å². The van der Waals surface area contributed by atoms with Gasteiger partial charge in [0.2, 0.25) is 0 Å². The van der Waals surface area contributed by atoms with Gasteiger partial charge >= 0.3 is 0 Å². The maximum absolute atomic E-state index is 5.16. The second kappa shape index (κ2) is 8.08. The zero-order valence-electron chi connectivity index (χ0n) is 9.21. The minimum atomic E-state index is 0.832. The Bertz CT molecular complexity index is 284. The van der Waals surface area contributed by atoms with Crippen molar-refractivity contribution < 1.29 is 0 Å². The lowest BCUT2D eigenvalue weighted by Crippen LogP contribution is -2.16. The van der Waals surface area contributed by atoms with E-state index in [4.69, 9.17) is 6.42 Å². The standard InChI is InChI=1S/C14H19N/c1-2-3-12-15-13-8-7-11-14-9-5-4-6-10-14/h1,4-6,9-10,15H,3,7-8,11-13H2. The van der Waals surface area contributed by atoms with Gasteiger partial charge in [0, 0.05) is 13.0 Å². The maximum atomic E-state index is 5.16.